The Morgan fingerprint density at radius 2 is 2.12 bits per heavy atom. The van der Waals surface area contributed by atoms with Crippen LogP contribution < -0.4 is 4.74 Å². The van der Waals surface area contributed by atoms with Crippen molar-refractivity contribution >= 4 is 5.78 Å². The number of hydrogen-bond acceptors (Lipinski definition) is 3. The summed E-state index contributed by atoms with van der Waals surface area (Å²) in [6.45, 7) is -0.0499. The zero-order valence-corrected chi connectivity index (χ0v) is 9.24. The number of hydrogen-bond donors (Lipinski definition) is 1. The Morgan fingerprint density at radius 3 is 2.94 bits per heavy atom. The number of aryl methyl sites for hydroxylation is 2. The van der Waals surface area contributed by atoms with Gasteiger partial charge in [0.15, 0.2) is 5.78 Å². The molecular formula is C13H16O3. The minimum absolute atomic E-state index is 0.179. The van der Waals surface area contributed by atoms with Gasteiger partial charge in [-0.25, -0.2) is 0 Å². The Bertz CT molecular complexity index is 385. The highest BCUT2D eigenvalue weighted by Crippen LogP contribution is 2.25. The standard InChI is InChI=1S/C13H16O3/c14-9-12(15)6-7-16-13-5-4-10-2-1-3-11(10)8-13/h4-5,8,14H,1-3,6-7,9H2. The van der Waals surface area contributed by atoms with Gasteiger partial charge in [0, 0.05) is 6.42 Å². The van der Waals surface area contributed by atoms with Crippen LogP contribution >= 0.6 is 0 Å². The molecule has 3 heteroatoms. The first kappa shape index (κ1) is 11.1. The van der Waals surface area contributed by atoms with Gasteiger partial charge in [-0.1, -0.05) is 6.07 Å². The highest BCUT2D eigenvalue weighted by Gasteiger charge is 2.11. The van der Waals surface area contributed by atoms with Crippen molar-refractivity contribution in [2.24, 2.45) is 0 Å². The second-order valence-corrected chi connectivity index (χ2v) is 4.08. The first-order valence-electron chi connectivity index (χ1n) is 5.67. The predicted molar refractivity (Wildman–Crippen MR) is 60.7 cm³/mol. The molecule has 2 rings (SSSR count). The lowest BCUT2D eigenvalue weighted by Gasteiger charge is -2.07. The van der Waals surface area contributed by atoms with Gasteiger partial charge in [-0.3, -0.25) is 4.79 Å². The number of Topliss-reactive ketones (excluding diaryl/α,β-unsaturated/α-hetero) is 1. The number of rotatable bonds is 5. The van der Waals surface area contributed by atoms with Gasteiger partial charge in [0.2, 0.25) is 0 Å². The van der Waals surface area contributed by atoms with E-state index in [0.29, 0.717) is 6.61 Å². The Labute approximate surface area is 95.0 Å². The third-order valence-corrected chi connectivity index (χ3v) is 2.90. The highest BCUT2D eigenvalue weighted by molar-refractivity contribution is 5.79. The van der Waals surface area contributed by atoms with Crippen LogP contribution in [-0.4, -0.2) is 24.1 Å². The van der Waals surface area contributed by atoms with E-state index in [9.17, 15) is 4.79 Å². The number of aliphatic hydroxyl groups excluding tert-OH is 1. The van der Waals surface area contributed by atoms with Crippen molar-refractivity contribution in [3.8, 4) is 5.75 Å². The summed E-state index contributed by atoms with van der Waals surface area (Å²) in [4.78, 5) is 10.9. The Morgan fingerprint density at radius 1 is 1.31 bits per heavy atom. The van der Waals surface area contributed by atoms with Crippen LogP contribution in [0.5, 0.6) is 5.75 Å². The lowest BCUT2D eigenvalue weighted by molar-refractivity contribution is -0.122. The molecule has 0 aromatic heterocycles. The first-order valence-corrected chi connectivity index (χ1v) is 5.67. The Balaban J connectivity index is 1.88. The van der Waals surface area contributed by atoms with Crippen LogP contribution in [0.25, 0.3) is 0 Å². The van der Waals surface area contributed by atoms with Crippen molar-refractivity contribution in [1.82, 2.24) is 0 Å². The van der Waals surface area contributed by atoms with E-state index in [1.54, 1.807) is 0 Å². The van der Waals surface area contributed by atoms with Crippen LogP contribution in [0.15, 0.2) is 18.2 Å². The van der Waals surface area contributed by atoms with Crippen LogP contribution in [0.1, 0.15) is 24.0 Å². The molecular weight excluding hydrogens is 204 g/mol. The molecule has 0 radical (unpaired) electrons. The molecule has 0 unspecified atom stereocenters. The largest absolute Gasteiger partial charge is 0.493 e. The van der Waals surface area contributed by atoms with E-state index in [-0.39, 0.29) is 12.2 Å². The van der Waals surface area contributed by atoms with E-state index in [4.69, 9.17) is 9.84 Å². The highest BCUT2D eigenvalue weighted by atomic mass is 16.5. The summed E-state index contributed by atoms with van der Waals surface area (Å²) in [5, 5.41) is 8.55. The molecule has 86 valence electrons. The number of ether oxygens (including phenoxy) is 1. The van der Waals surface area contributed by atoms with Gasteiger partial charge in [0.05, 0.1) is 6.61 Å². The van der Waals surface area contributed by atoms with Gasteiger partial charge in [-0.15, -0.1) is 0 Å². The molecule has 0 atom stereocenters. The second-order valence-electron chi connectivity index (χ2n) is 4.08. The van der Waals surface area contributed by atoms with Crippen LogP contribution in [0.3, 0.4) is 0 Å². The van der Waals surface area contributed by atoms with E-state index in [1.165, 1.54) is 24.0 Å². The summed E-state index contributed by atoms with van der Waals surface area (Å²) in [6.07, 6.45) is 3.79. The summed E-state index contributed by atoms with van der Waals surface area (Å²) in [6, 6.07) is 6.12. The van der Waals surface area contributed by atoms with Crippen LogP contribution in [0.2, 0.25) is 0 Å². The quantitative estimate of drug-likeness (QED) is 0.818. The van der Waals surface area contributed by atoms with E-state index in [1.807, 2.05) is 6.07 Å². The zero-order valence-electron chi connectivity index (χ0n) is 9.24. The SMILES string of the molecule is O=C(CO)CCOc1ccc2c(c1)CCC2. The van der Waals surface area contributed by atoms with Gasteiger partial charge in [-0.2, -0.15) is 0 Å². The van der Waals surface area contributed by atoms with E-state index in [2.05, 4.69) is 12.1 Å². The van der Waals surface area contributed by atoms with Crippen molar-refractivity contribution in [2.75, 3.05) is 13.2 Å². The van der Waals surface area contributed by atoms with Crippen molar-refractivity contribution in [3.63, 3.8) is 0 Å². The van der Waals surface area contributed by atoms with Crippen LogP contribution in [0, 0.1) is 0 Å². The van der Waals surface area contributed by atoms with E-state index in [0.717, 1.165) is 12.2 Å². The summed E-state index contributed by atoms with van der Waals surface area (Å²) in [7, 11) is 0. The van der Waals surface area contributed by atoms with Gasteiger partial charge in [0.1, 0.15) is 12.4 Å². The number of benzene rings is 1. The van der Waals surface area contributed by atoms with E-state index < -0.39 is 6.61 Å². The second kappa shape index (κ2) is 5.12. The fourth-order valence-corrected chi connectivity index (χ4v) is 2.00. The molecule has 0 saturated carbocycles. The fourth-order valence-electron chi connectivity index (χ4n) is 2.00. The van der Waals surface area contributed by atoms with Crippen molar-refractivity contribution in [2.45, 2.75) is 25.7 Å². The first-order chi connectivity index (χ1) is 7.79. The molecule has 3 nitrogen and oxygen atoms in total. The molecule has 0 amide bonds. The average Bonchev–Trinajstić information content (AvgIpc) is 2.76. The number of ketones is 1. The van der Waals surface area contributed by atoms with Gasteiger partial charge in [-0.05, 0) is 42.5 Å². The molecule has 1 aliphatic carbocycles. The van der Waals surface area contributed by atoms with Crippen molar-refractivity contribution in [3.05, 3.63) is 29.3 Å². The minimum atomic E-state index is -0.395. The van der Waals surface area contributed by atoms with Crippen molar-refractivity contribution in [1.29, 1.82) is 0 Å². The van der Waals surface area contributed by atoms with Crippen molar-refractivity contribution < 1.29 is 14.6 Å². The van der Waals surface area contributed by atoms with Gasteiger partial charge >= 0.3 is 0 Å². The number of aliphatic hydroxyl groups is 1. The monoisotopic (exact) mass is 220 g/mol. The molecule has 1 aliphatic rings. The average molecular weight is 220 g/mol. The Kier molecular flexibility index (Phi) is 3.57. The van der Waals surface area contributed by atoms with Gasteiger partial charge in [0.25, 0.3) is 0 Å². The molecule has 0 heterocycles. The lowest BCUT2D eigenvalue weighted by Crippen LogP contribution is -2.09. The summed E-state index contributed by atoms with van der Waals surface area (Å²) < 4.78 is 5.47. The topological polar surface area (TPSA) is 46.5 Å². The minimum Gasteiger partial charge on any atom is -0.493 e. The molecule has 0 spiro atoms. The fraction of sp³-hybridized carbons (Fsp3) is 0.462. The molecule has 1 N–H and O–H groups in total. The molecule has 0 fully saturated rings. The molecule has 1 aromatic rings. The molecule has 0 aliphatic heterocycles. The molecule has 0 saturated heterocycles. The maximum Gasteiger partial charge on any atom is 0.161 e. The predicted octanol–water partition coefficient (Wildman–Crippen LogP) is 1.51. The molecule has 0 bridgehead atoms. The molecule has 16 heavy (non-hydrogen) atoms. The normalized spacial score (nSPS) is 13.6. The number of fused-ring (bicyclic) bond motifs is 1. The summed E-state index contributed by atoms with van der Waals surface area (Å²) in [5.41, 5.74) is 2.78. The molecule has 1 aromatic carbocycles. The lowest BCUT2D eigenvalue weighted by atomic mass is 10.1. The number of carbonyl (C=O) groups excluding carboxylic acids is 1. The maximum atomic E-state index is 10.9. The summed E-state index contributed by atoms with van der Waals surface area (Å²) in [5.74, 6) is 0.646. The summed E-state index contributed by atoms with van der Waals surface area (Å²) >= 11 is 0. The van der Waals surface area contributed by atoms with Gasteiger partial charge < -0.3 is 9.84 Å². The zero-order chi connectivity index (χ0) is 11.4. The maximum absolute atomic E-state index is 10.9. The third kappa shape index (κ3) is 2.61. The Hall–Kier alpha value is -1.35. The smallest absolute Gasteiger partial charge is 0.161 e. The van der Waals surface area contributed by atoms with E-state index >= 15 is 0 Å². The third-order valence-electron chi connectivity index (χ3n) is 2.90. The number of carbonyl (C=O) groups is 1. The van der Waals surface area contributed by atoms with Crippen LogP contribution in [0.4, 0.5) is 0 Å². The van der Waals surface area contributed by atoms with Crippen LogP contribution in [-0.2, 0) is 17.6 Å².